The highest BCUT2D eigenvalue weighted by Gasteiger charge is 2.24. The van der Waals surface area contributed by atoms with Crippen molar-refractivity contribution in [2.24, 2.45) is 5.92 Å². The molecule has 6 heteroatoms. The summed E-state index contributed by atoms with van der Waals surface area (Å²) >= 11 is 0. The lowest BCUT2D eigenvalue weighted by molar-refractivity contribution is -0.123. The van der Waals surface area contributed by atoms with Gasteiger partial charge in [0.1, 0.15) is 12.2 Å². The fourth-order valence-electron chi connectivity index (χ4n) is 3.31. The molecule has 1 aromatic carbocycles. The van der Waals surface area contributed by atoms with Gasteiger partial charge in [-0.3, -0.25) is 4.79 Å². The fourth-order valence-corrected chi connectivity index (χ4v) is 3.31. The first-order valence-corrected chi connectivity index (χ1v) is 8.62. The molecule has 0 bridgehead atoms. The minimum Gasteiger partial charge on any atom is -0.396 e. The largest absolute Gasteiger partial charge is 0.396 e. The van der Waals surface area contributed by atoms with Gasteiger partial charge in [0, 0.05) is 24.1 Å². The van der Waals surface area contributed by atoms with Crippen LogP contribution in [0.5, 0.6) is 0 Å². The summed E-state index contributed by atoms with van der Waals surface area (Å²) < 4.78 is 1.56. The van der Waals surface area contributed by atoms with Crippen LogP contribution in [-0.2, 0) is 11.3 Å². The first-order valence-electron chi connectivity index (χ1n) is 8.62. The number of nitrogens with zero attached hydrogens (tertiary/aromatic N) is 3. The lowest BCUT2D eigenvalue weighted by atomic mass is 9.95. The van der Waals surface area contributed by atoms with Crippen molar-refractivity contribution in [2.45, 2.75) is 44.7 Å². The van der Waals surface area contributed by atoms with Crippen LogP contribution in [0.3, 0.4) is 0 Å². The highest BCUT2D eigenvalue weighted by molar-refractivity contribution is 5.76. The van der Waals surface area contributed by atoms with Gasteiger partial charge in [0.15, 0.2) is 0 Å². The van der Waals surface area contributed by atoms with E-state index in [0.717, 1.165) is 36.9 Å². The maximum absolute atomic E-state index is 12.3. The van der Waals surface area contributed by atoms with Gasteiger partial charge >= 0.3 is 0 Å². The second-order valence-corrected chi connectivity index (χ2v) is 6.42. The smallest absolute Gasteiger partial charge is 0.242 e. The molecule has 2 N–H and O–H groups in total. The van der Waals surface area contributed by atoms with E-state index in [-0.39, 0.29) is 31.0 Å². The Kier molecular flexibility index (Phi) is 5.59. The highest BCUT2D eigenvalue weighted by Crippen LogP contribution is 2.23. The minimum absolute atomic E-state index is 0.0575. The van der Waals surface area contributed by atoms with Crippen molar-refractivity contribution in [3.8, 4) is 11.3 Å². The van der Waals surface area contributed by atoms with Crippen molar-refractivity contribution in [3.63, 3.8) is 0 Å². The first kappa shape index (κ1) is 16.6. The molecular formula is C18H24N4O2. The third kappa shape index (κ3) is 4.20. The molecule has 0 radical (unpaired) electrons. The third-order valence-corrected chi connectivity index (χ3v) is 4.65. The zero-order chi connectivity index (χ0) is 16.8. The molecule has 1 heterocycles. The normalized spacial score (nSPS) is 21.2. The summed E-state index contributed by atoms with van der Waals surface area (Å²) in [5.74, 6) is 0.0805. The van der Waals surface area contributed by atoms with Crippen LogP contribution in [0.25, 0.3) is 11.3 Å². The van der Waals surface area contributed by atoms with Crippen molar-refractivity contribution in [1.82, 2.24) is 20.3 Å². The number of aliphatic hydroxyl groups excluding tert-OH is 1. The molecule has 1 aromatic heterocycles. The first-order chi connectivity index (χ1) is 11.8. The molecule has 0 spiro atoms. The second-order valence-electron chi connectivity index (χ2n) is 6.42. The molecule has 6 nitrogen and oxygen atoms in total. The van der Waals surface area contributed by atoms with Crippen molar-refractivity contribution < 1.29 is 9.90 Å². The van der Waals surface area contributed by atoms with E-state index in [4.69, 9.17) is 0 Å². The molecule has 2 atom stereocenters. The molecule has 1 saturated carbocycles. The average molecular weight is 328 g/mol. The van der Waals surface area contributed by atoms with E-state index in [1.54, 1.807) is 10.9 Å². The quantitative estimate of drug-likeness (QED) is 0.823. The van der Waals surface area contributed by atoms with Crippen LogP contribution < -0.4 is 5.32 Å². The van der Waals surface area contributed by atoms with E-state index >= 15 is 0 Å². The van der Waals surface area contributed by atoms with E-state index in [1.165, 1.54) is 6.42 Å². The zero-order valence-electron chi connectivity index (χ0n) is 13.8. The lowest BCUT2D eigenvalue weighted by Crippen LogP contribution is -2.42. The Labute approximate surface area is 141 Å². The lowest BCUT2D eigenvalue weighted by Gasteiger charge is -2.24. The van der Waals surface area contributed by atoms with Crippen LogP contribution >= 0.6 is 0 Å². The van der Waals surface area contributed by atoms with E-state index < -0.39 is 0 Å². The number of hydrogen-bond donors (Lipinski definition) is 2. The maximum atomic E-state index is 12.3. The van der Waals surface area contributed by atoms with Crippen LogP contribution in [0.4, 0.5) is 0 Å². The van der Waals surface area contributed by atoms with Gasteiger partial charge in [-0.05, 0) is 12.8 Å². The summed E-state index contributed by atoms with van der Waals surface area (Å²) in [7, 11) is 0. The maximum Gasteiger partial charge on any atom is 0.242 e. The minimum atomic E-state index is -0.0788. The topological polar surface area (TPSA) is 80.0 Å². The summed E-state index contributed by atoms with van der Waals surface area (Å²) in [5, 5.41) is 20.8. The number of amides is 1. The standard InChI is InChI=1S/C18H24N4O2/c23-13-15-9-5-2-6-10-16(15)19-18(24)12-22-11-17(20-21-22)14-7-3-1-4-8-14/h1,3-4,7-8,11,15-16,23H,2,5-6,9-10,12-13H2,(H,19,24). The van der Waals surface area contributed by atoms with E-state index in [0.29, 0.717) is 0 Å². The number of nitrogens with one attached hydrogen (secondary N) is 1. The van der Waals surface area contributed by atoms with E-state index in [2.05, 4.69) is 15.6 Å². The Morgan fingerprint density at radius 2 is 2.00 bits per heavy atom. The van der Waals surface area contributed by atoms with Crippen LogP contribution in [0.1, 0.15) is 32.1 Å². The number of aliphatic hydroxyl groups is 1. The Morgan fingerprint density at radius 1 is 1.21 bits per heavy atom. The Hall–Kier alpha value is -2.21. The SMILES string of the molecule is O=C(Cn1cc(-c2ccccc2)nn1)NC1CCCCCC1CO. The number of rotatable bonds is 5. The predicted octanol–water partition coefficient (Wildman–Crippen LogP) is 2.00. The number of carbonyl (C=O) groups is 1. The number of benzene rings is 1. The number of hydrogen-bond acceptors (Lipinski definition) is 4. The van der Waals surface area contributed by atoms with Gasteiger partial charge in [0.2, 0.25) is 5.91 Å². The van der Waals surface area contributed by atoms with Gasteiger partial charge in [-0.15, -0.1) is 5.10 Å². The Morgan fingerprint density at radius 3 is 2.79 bits per heavy atom. The Bertz CT molecular complexity index is 656. The van der Waals surface area contributed by atoms with Crippen LogP contribution in [0.15, 0.2) is 36.5 Å². The van der Waals surface area contributed by atoms with Gasteiger partial charge in [-0.25, -0.2) is 4.68 Å². The predicted molar refractivity (Wildman–Crippen MR) is 91.0 cm³/mol. The van der Waals surface area contributed by atoms with Crippen LogP contribution in [-0.4, -0.2) is 38.7 Å². The molecular weight excluding hydrogens is 304 g/mol. The van der Waals surface area contributed by atoms with Crippen molar-refractivity contribution >= 4 is 5.91 Å². The molecule has 2 aromatic rings. The fraction of sp³-hybridized carbons (Fsp3) is 0.500. The van der Waals surface area contributed by atoms with E-state index in [1.807, 2.05) is 30.3 Å². The van der Waals surface area contributed by atoms with Gasteiger partial charge in [-0.2, -0.15) is 0 Å². The Balaban J connectivity index is 1.59. The molecule has 1 aliphatic carbocycles. The van der Waals surface area contributed by atoms with Crippen molar-refractivity contribution in [3.05, 3.63) is 36.5 Å². The number of aromatic nitrogens is 3. The monoisotopic (exact) mass is 328 g/mol. The number of carbonyl (C=O) groups excluding carboxylic acids is 1. The average Bonchev–Trinajstić information content (AvgIpc) is 2.95. The van der Waals surface area contributed by atoms with Crippen molar-refractivity contribution in [2.75, 3.05) is 6.61 Å². The molecule has 1 amide bonds. The van der Waals surface area contributed by atoms with Gasteiger partial charge in [0.05, 0.1) is 6.20 Å². The van der Waals surface area contributed by atoms with Crippen LogP contribution in [0, 0.1) is 5.92 Å². The molecule has 24 heavy (non-hydrogen) atoms. The summed E-state index contributed by atoms with van der Waals surface area (Å²) in [6.07, 6.45) is 7.09. The summed E-state index contributed by atoms with van der Waals surface area (Å²) in [5.41, 5.74) is 1.74. The molecule has 3 rings (SSSR count). The third-order valence-electron chi connectivity index (χ3n) is 4.65. The van der Waals surface area contributed by atoms with Gasteiger partial charge in [0.25, 0.3) is 0 Å². The summed E-state index contributed by atoms with van der Waals surface area (Å²) in [6, 6.07) is 9.83. The molecule has 1 fully saturated rings. The van der Waals surface area contributed by atoms with E-state index in [9.17, 15) is 9.90 Å². The highest BCUT2D eigenvalue weighted by atomic mass is 16.3. The van der Waals surface area contributed by atoms with Crippen molar-refractivity contribution in [1.29, 1.82) is 0 Å². The zero-order valence-corrected chi connectivity index (χ0v) is 13.8. The van der Waals surface area contributed by atoms with Crippen LogP contribution in [0.2, 0.25) is 0 Å². The molecule has 2 unspecified atom stereocenters. The molecule has 0 aliphatic heterocycles. The summed E-state index contributed by atoms with van der Waals surface area (Å²) in [6.45, 7) is 0.279. The second kappa shape index (κ2) is 8.06. The van der Waals surface area contributed by atoms with Gasteiger partial charge < -0.3 is 10.4 Å². The molecule has 128 valence electrons. The molecule has 0 saturated heterocycles. The summed E-state index contributed by atoms with van der Waals surface area (Å²) in [4.78, 5) is 12.3. The molecule has 1 aliphatic rings. The van der Waals surface area contributed by atoms with Gasteiger partial charge in [-0.1, -0.05) is 54.8 Å².